The number of ether oxygens (including phenoxy) is 3. The molecule has 1 N–H and O–H groups in total. The summed E-state index contributed by atoms with van der Waals surface area (Å²) >= 11 is 0. The molecule has 1 atom stereocenters. The molecule has 0 spiro atoms. The predicted molar refractivity (Wildman–Crippen MR) is 124 cm³/mol. The molecule has 3 aromatic rings. The molecule has 1 aliphatic heterocycles. The Morgan fingerprint density at radius 3 is 2.53 bits per heavy atom. The van der Waals surface area contributed by atoms with Gasteiger partial charge in [0.15, 0.2) is 0 Å². The maximum absolute atomic E-state index is 13.2. The Hall–Kier alpha value is -4.20. The molecule has 2 heterocycles. The van der Waals surface area contributed by atoms with Crippen LogP contribution in [0, 0.1) is 0 Å². The minimum Gasteiger partial charge on any atom is -0.507 e. The first-order valence-electron chi connectivity index (χ1n) is 10.7. The molecule has 8 heteroatoms. The van der Waals surface area contributed by atoms with Gasteiger partial charge in [0, 0.05) is 12.6 Å². The van der Waals surface area contributed by atoms with Gasteiger partial charge in [-0.25, -0.2) is 0 Å². The van der Waals surface area contributed by atoms with Gasteiger partial charge in [-0.15, -0.1) is 0 Å². The van der Waals surface area contributed by atoms with Crippen molar-refractivity contribution in [3.63, 3.8) is 0 Å². The van der Waals surface area contributed by atoms with E-state index in [0.29, 0.717) is 29.6 Å². The summed E-state index contributed by atoms with van der Waals surface area (Å²) in [6.07, 6.45) is 1.46. The highest BCUT2D eigenvalue weighted by Crippen LogP contribution is 2.42. The molecule has 0 radical (unpaired) electrons. The molecule has 1 aromatic heterocycles. The van der Waals surface area contributed by atoms with Crippen molar-refractivity contribution in [3.05, 3.63) is 83.3 Å². The van der Waals surface area contributed by atoms with E-state index in [-0.39, 0.29) is 23.4 Å². The number of hydrogen-bond donors (Lipinski definition) is 1. The monoisotopic (exact) mass is 463 g/mol. The lowest BCUT2D eigenvalue weighted by Crippen LogP contribution is -2.29. The van der Waals surface area contributed by atoms with Crippen molar-refractivity contribution in [3.8, 4) is 17.2 Å². The molecule has 0 bridgehead atoms. The largest absolute Gasteiger partial charge is 0.507 e. The number of likely N-dealkylation sites (tertiary alicyclic amines) is 1. The van der Waals surface area contributed by atoms with Gasteiger partial charge in [-0.1, -0.05) is 12.1 Å². The Labute approximate surface area is 197 Å². The first-order valence-corrected chi connectivity index (χ1v) is 10.7. The van der Waals surface area contributed by atoms with Crippen LogP contribution in [0.4, 0.5) is 0 Å². The van der Waals surface area contributed by atoms with Crippen LogP contribution >= 0.6 is 0 Å². The van der Waals surface area contributed by atoms with E-state index in [1.165, 1.54) is 25.4 Å². The second-order valence-corrected chi connectivity index (χ2v) is 7.59. The third-order valence-corrected chi connectivity index (χ3v) is 5.58. The van der Waals surface area contributed by atoms with Crippen LogP contribution in [0.2, 0.25) is 0 Å². The molecule has 1 unspecified atom stereocenters. The second kappa shape index (κ2) is 9.74. The van der Waals surface area contributed by atoms with E-state index >= 15 is 0 Å². The third kappa shape index (κ3) is 4.22. The predicted octanol–water partition coefficient (Wildman–Crippen LogP) is 4.32. The fourth-order valence-electron chi connectivity index (χ4n) is 4.02. The molecule has 1 fully saturated rings. The number of carbonyl (C=O) groups excluding carboxylic acids is 2. The van der Waals surface area contributed by atoms with E-state index < -0.39 is 17.7 Å². The molecule has 34 heavy (non-hydrogen) atoms. The van der Waals surface area contributed by atoms with Crippen molar-refractivity contribution in [2.24, 2.45) is 0 Å². The lowest BCUT2D eigenvalue weighted by molar-refractivity contribution is -0.140. The van der Waals surface area contributed by atoms with Gasteiger partial charge in [0.1, 0.15) is 34.8 Å². The maximum atomic E-state index is 13.2. The van der Waals surface area contributed by atoms with Gasteiger partial charge < -0.3 is 28.6 Å². The molecule has 2 aromatic carbocycles. The Morgan fingerprint density at radius 1 is 1.03 bits per heavy atom. The topological polar surface area (TPSA) is 98.4 Å². The highest BCUT2D eigenvalue weighted by atomic mass is 16.5. The second-order valence-electron chi connectivity index (χ2n) is 7.59. The van der Waals surface area contributed by atoms with Crippen LogP contribution in [-0.4, -0.2) is 42.5 Å². The zero-order valence-corrected chi connectivity index (χ0v) is 19.1. The van der Waals surface area contributed by atoms with E-state index in [4.69, 9.17) is 18.6 Å². The molecule has 176 valence electrons. The van der Waals surface area contributed by atoms with Gasteiger partial charge in [0.25, 0.3) is 11.7 Å². The number of methoxy groups -OCH3 is 2. The summed E-state index contributed by atoms with van der Waals surface area (Å²) in [5.41, 5.74) is 0.951. The van der Waals surface area contributed by atoms with Gasteiger partial charge in [-0.3, -0.25) is 9.59 Å². The minimum atomic E-state index is -0.919. The van der Waals surface area contributed by atoms with Gasteiger partial charge in [0.05, 0.1) is 38.2 Å². The fourth-order valence-corrected chi connectivity index (χ4v) is 4.02. The average molecular weight is 463 g/mol. The molecule has 1 amide bonds. The smallest absolute Gasteiger partial charge is 0.296 e. The summed E-state index contributed by atoms with van der Waals surface area (Å²) in [5, 5.41) is 11.2. The van der Waals surface area contributed by atoms with Gasteiger partial charge >= 0.3 is 0 Å². The number of aliphatic hydroxyl groups excluding tert-OH is 1. The van der Waals surface area contributed by atoms with Crippen molar-refractivity contribution in [2.75, 3.05) is 20.8 Å². The molecule has 8 nitrogen and oxygen atoms in total. The van der Waals surface area contributed by atoms with Crippen LogP contribution < -0.4 is 14.2 Å². The number of aliphatic hydroxyl groups is 1. The van der Waals surface area contributed by atoms with Crippen molar-refractivity contribution >= 4 is 17.4 Å². The summed E-state index contributed by atoms with van der Waals surface area (Å²) in [6, 6.07) is 14.5. The molecular formula is C26H25NO7. The maximum Gasteiger partial charge on any atom is 0.296 e. The Kier molecular flexibility index (Phi) is 6.58. The third-order valence-electron chi connectivity index (χ3n) is 5.58. The zero-order valence-electron chi connectivity index (χ0n) is 19.1. The van der Waals surface area contributed by atoms with E-state index in [1.54, 1.807) is 30.3 Å². The van der Waals surface area contributed by atoms with Crippen LogP contribution in [-0.2, 0) is 16.1 Å². The van der Waals surface area contributed by atoms with E-state index in [0.717, 1.165) is 5.56 Å². The average Bonchev–Trinajstić information content (AvgIpc) is 3.46. The number of ketones is 1. The van der Waals surface area contributed by atoms with Gasteiger partial charge in [-0.2, -0.15) is 0 Å². The highest BCUT2D eigenvalue weighted by Gasteiger charge is 2.47. The number of rotatable bonds is 8. The minimum absolute atomic E-state index is 0.0793. The number of hydrogen-bond acceptors (Lipinski definition) is 7. The van der Waals surface area contributed by atoms with Crippen LogP contribution in [0.25, 0.3) is 5.76 Å². The molecule has 4 rings (SSSR count). The number of amides is 1. The van der Waals surface area contributed by atoms with Crippen molar-refractivity contribution in [1.29, 1.82) is 0 Å². The van der Waals surface area contributed by atoms with Crippen LogP contribution in [0.15, 0.2) is 70.9 Å². The van der Waals surface area contributed by atoms with Crippen LogP contribution in [0.3, 0.4) is 0 Å². The lowest BCUT2D eigenvalue weighted by atomic mass is 9.98. The fraction of sp³-hybridized carbons (Fsp3) is 0.231. The van der Waals surface area contributed by atoms with Gasteiger partial charge in [-0.05, 0) is 48.9 Å². The summed E-state index contributed by atoms with van der Waals surface area (Å²) in [6.45, 7) is 2.51. The summed E-state index contributed by atoms with van der Waals surface area (Å²) in [4.78, 5) is 27.7. The highest BCUT2D eigenvalue weighted by molar-refractivity contribution is 6.46. The zero-order chi connectivity index (χ0) is 24.2. The number of Topliss-reactive ketones (excluding diaryl/α,β-unsaturated/α-hetero) is 1. The normalized spacial score (nSPS) is 17.1. The SMILES string of the molecule is CCOc1cccc(CN2C(=O)C(=O)/C(=C(\O)c3ccc(OC)cc3OC)C2c2ccco2)c1. The Bertz CT molecular complexity index is 1230. The van der Waals surface area contributed by atoms with Crippen LogP contribution in [0.1, 0.15) is 29.9 Å². The Balaban J connectivity index is 1.81. The standard InChI is InChI=1S/C26H25NO7/c1-4-33-18-8-5-7-16(13-18)15-27-23(20-9-6-12-34-20)22(25(29)26(27)30)24(28)19-11-10-17(31-2)14-21(19)32-3/h5-14,23,28H,4,15H2,1-3H3/b24-22-. The first-order chi connectivity index (χ1) is 16.5. The number of benzene rings is 2. The summed E-state index contributed by atoms with van der Waals surface area (Å²) in [7, 11) is 2.96. The van der Waals surface area contributed by atoms with Crippen molar-refractivity contribution in [2.45, 2.75) is 19.5 Å². The van der Waals surface area contributed by atoms with E-state index in [9.17, 15) is 14.7 Å². The summed E-state index contributed by atoms with van der Waals surface area (Å²) in [5.74, 6) is -0.0700. The number of nitrogens with zero attached hydrogens (tertiary/aromatic N) is 1. The van der Waals surface area contributed by atoms with Crippen LogP contribution in [0.5, 0.6) is 17.2 Å². The van der Waals surface area contributed by atoms with Crippen molar-refractivity contribution < 1.29 is 33.3 Å². The molecule has 1 aliphatic rings. The molecule has 0 aliphatic carbocycles. The first kappa shape index (κ1) is 23.0. The molecule has 0 saturated carbocycles. The number of carbonyl (C=O) groups is 2. The molecule has 1 saturated heterocycles. The molecular weight excluding hydrogens is 438 g/mol. The number of furan rings is 1. The van der Waals surface area contributed by atoms with E-state index in [1.807, 2.05) is 31.2 Å². The van der Waals surface area contributed by atoms with Gasteiger partial charge in [0.2, 0.25) is 0 Å². The van der Waals surface area contributed by atoms with E-state index in [2.05, 4.69) is 0 Å². The quantitative estimate of drug-likeness (QED) is 0.302. The van der Waals surface area contributed by atoms with Crippen molar-refractivity contribution in [1.82, 2.24) is 4.90 Å². The lowest BCUT2D eigenvalue weighted by Gasteiger charge is -2.23. The summed E-state index contributed by atoms with van der Waals surface area (Å²) < 4.78 is 21.8. The Morgan fingerprint density at radius 2 is 1.85 bits per heavy atom.